The van der Waals surface area contributed by atoms with Crippen molar-refractivity contribution >= 4 is 5.69 Å². The van der Waals surface area contributed by atoms with Gasteiger partial charge in [0.05, 0.1) is 18.9 Å². The molecule has 136 valence electrons. The molecule has 1 N–H and O–H groups in total. The number of benzene rings is 2. The Balaban J connectivity index is 1.95. The highest BCUT2D eigenvalue weighted by atomic mass is 16.5. The Kier molecular flexibility index (Phi) is 8.70. The normalized spacial score (nSPS) is 10.5. The minimum atomic E-state index is 0.545. The van der Waals surface area contributed by atoms with Crippen molar-refractivity contribution < 1.29 is 14.2 Å². The lowest BCUT2D eigenvalue weighted by Crippen LogP contribution is -2.09. The van der Waals surface area contributed by atoms with Gasteiger partial charge in [0.15, 0.2) is 0 Å². The highest BCUT2D eigenvalue weighted by Crippen LogP contribution is 2.26. The largest absolute Gasteiger partial charge is 0.493 e. The molecule has 0 aliphatic carbocycles. The lowest BCUT2D eigenvalue weighted by molar-refractivity contribution is 0.110. The molecule has 0 heterocycles. The SMILES string of the molecule is CCCCOc1ccccc1CNc1ccccc1OCCOCC. The zero-order valence-electron chi connectivity index (χ0n) is 15.3. The van der Waals surface area contributed by atoms with Crippen LogP contribution in [0.3, 0.4) is 0 Å². The predicted octanol–water partition coefficient (Wildman–Crippen LogP) is 4.89. The Morgan fingerprint density at radius 3 is 2.32 bits per heavy atom. The van der Waals surface area contributed by atoms with E-state index in [1.807, 2.05) is 49.4 Å². The molecule has 2 rings (SSSR count). The number of unbranched alkanes of at least 4 members (excludes halogenated alkanes) is 1. The van der Waals surface area contributed by atoms with Gasteiger partial charge < -0.3 is 19.5 Å². The summed E-state index contributed by atoms with van der Waals surface area (Å²) in [5.41, 5.74) is 2.12. The predicted molar refractivity (Wildman–Crippen MR) is 103 cm³/mol. The van der Waals surface area contributed by atoms with Crippen LogP contribution in [-0.2, 0) is 11.3 Å². The smallest absolute Gasteiger partial charge is 0.142 e. The van der Waals surface area contributed by atoms with Gasteiger partial charge in [-0.3, -0.25) is 0 Å². The van der Waals surface area contributed by atoms with Crippen LogP contribution >= 0.6 is 0 Å². The number of para-hydroxylation sites is 3. The maximum atomic E-state index is 5.90. The Labute approximate surface area is 151 Å². The summed E-state index contributed by atoms with van der Waals surface area (Å²) in [5, 5.41) is 3.46. The van der Waals surface area contributed by atoms with Crippen molar-refractivity contribution in [2.24, 2.45) is 0 Å². The molecule has 0 unspecified atom stereocenters. The van der Waals surface area contributed by atoms with Gasteiger partial charge in [-0.1, -0.05) is 43.7 Å². The number of anilines is 1. The fourth-order valence-electron chi connectivity index (χ4n) is 2.40. The zero-order valence-corrected chi connectivity index (χ0v) is 15.3. The van der Waals surface area contributed by atoms with E-state index in [1.165, 1.54) is 0 Å². The molecule has 0 bridgehead atoms. The third-order valence-corrected chi connectivity index (χ3v) is 3.77. The summed E-state index contributed by atoms with van der Waals surface area (Å²) in [6.45, 7) is 7.44. The van der Waals surface area contributed by atoms with Crippen molar-refractivity contribution in [3.63, 3.8) is 0 Å². The van der Waals surface area contributed by atoms with E-state index >= 15 is 0 Å². The maximum Gasteiger partial charge on any atom is 0.142 e. The first-order chi connectivity index (χ1) is 12.3. The molecule has 0 fully saturated rings. The first-order valence-electron chi connectivity index (χ1n) is 9.09. The van der Waals surface area contributed by atoms with Gasteiger partial charge in [-0.05, 0) is 31.5 Å². The Hall–Kier alpha value is -2.20. The van der Waals surface area contributed by atoms with Gasteiger partial charge in [-0.25, -0.2) is 0 Å². The number of hydrogen-bond acceptors (Lipinski definition) is 4. The quantitative estimate of drug-likeness (QED) is 0.557. The third kappa shape index (κ3) is 6.67. The van der Waals surface area contributed by atoms with Crippen LogP contribution in [0, 0.1) is 0 Å². The molecule has 4 nitrogen and oxygen atoms in total. The van der Waals surface area contributed by atoms with Crippen molar-refractivity contribution in [2.45, 2.75) is 33.2 Å². The minimum absolute atomic E-state index is 0.545. The van der Waals surface area contributed by atoms with E-state index in [-0.39, 0.29) is 0 Å². The molecule has 0 atom stereocenters. The van der Waals surface area contributed by atoms with Crippen molar-refractivity contribution in [2.75, 3.05) is 31.7 Å². The maximum absolute atomic E-state index is 5.90. The molecule has 2 aromatic rings. The van der Waals surface area contributed by atoms with E-state index < -0.39 is 0 Å². The summed E-state index contributed by atoms with van der Waals surface area (Å²) in [6, 6.07) is 16.1. The highest BCUT2D eigenvalue weighted by Gasteiger charge is 2.06. The zero-order chi connectivity index (χ0) is 17.7. The summed E-state index contributed by atoms with van der Waals surface area (Å²) < 4.78 is 17.0. The van der Waals surface area contributed by atoms with E-state index in [0.29, 0.717) is 26.4 Å². The molecule has 0 amide bonds. The topological polar surface area (TPSA) is 39.7 Å². The standard InChI is InChI=1S/C21H29NO3/c1-3-5-14-24-20-12-8-6-10-18(20)17-22-19-11-7-9-13-21(19)25-16-15-23-4-2/h6-13,22H,3-5,14-17H2,1-2H3. The lowest BCUT2D eigenvalue weighted by Gasteiger charge is -2.15. The third-order valence-electron chi connectivity index (χ3n) is 3.77. The summed E-state index contributed by atoms with van der Waals surface area (Å²) in [4.78, 5) is 0. The fourth-order valence-corrected chi connectivity index (χ4v) is 2.40. The van der Waals surface area contributed by atoms with Crippen LogP contribution in [-0.4, -0.2) is 26.4 Å². The molecule has 2 aromatic carbocycles. The van der Waals surface area contributed by atoms with Crippen molar-refractivity contribution in [3.05, 3.63) is 54.1 Å². The van der Waals surface area contributed by atoms with Crippen LogP contribution in [0.15, 0.2) is 48.5 Å². The van der Waals surface area contributed by atoms with Crippen LogP contribution in [0.4, 0.5) is 5.69 Å². The van der Waals surface area contributed by atoms with Crippen LogP contribution in [0.25, 0.3) is 0 Å². The highest BCUT2D eigenvalue weighted by molar-refractivity contribution is 5.56. The first kappa shape index (κ1) is 19.1. The van der Waals surface area contributed by atoms with Gasteiger partial charge in [-0.15, -0.1) is 0 Å². The van der Waals surface area contributed by atoms with E-state index in [2.05, 4.69) is 18.3 Å². The van der Waals surface area contributed by atoms with E-state index in [4.69, 9.17) is 14.2 Å². The average Bonchev–Trinajstić information content (AvgIpc) is 2.65. The van der Waals surface area contributed by atoms with E-state index in [9.17, 15) is 0 Å². The summed E-state index contributed by atoms with van der Waals surface area (Å²) in [7, 11) is 0. The second-order valence-corrected chi connectivity index (χ2v) is 5.70. The second-order valence-electron chi connectivity index (χ2n) is 5.70. The molecule has 0 radical (unpaired) electrons. The minimum Gasteiger partial charge on any atom is -0.493 e. The number of nitrogens with one attached hydrogen (secondary N) is 1. The first-order valence-corrected chi connectivity index (χ1v) is 9.09. The number of hydrogen-bond donors (Lipinski definition) is 1. The molecule has 0 spiro atoms. The van der Waals surface area contributed by atoms with Gasteiger partial charge in [0.2, 0.25) is 0 Å². The molecule has 4 heteroatoms. The molecule has 0 saturated heterocycles. The molecular formula is C21H29NO3. The van der Waals surface area contributed by atoms with Crippen LogP contribution < -0.4 is 14.8 Å². The van der Waals surface area contributed by atoms with Gasteiger partial charge >= 0.3 is 0 Å². The molecule has 0 aliphatic heterocycles. The average molecular weight is 343 g/mol. The fraction of sp³-hybridized carbons (Fsp3) is 0.429. The summed E-state index contributed by atoms with van der Waals surface area (Å²) >= 11 is 0. The molecule has 0 saturated carbocycles. The van der Waals surface area contributed by atoms with Gasteiger partial charge in [0, 0.05) is 18.7 Å². The van der Waals surface area contributed by atoms with Gasteiger partial charge in [0.1, 0.15) is 18.1 Å². The van der Waals surface area contributed by atoms with Crippen molar-refractivity contribution in [1.29, 1.82) is 0 Å². The molecule has 25 heavy (non-hydrogen) atoms. The Morgan fingerprint density at radius 2 is 1.52 bits per heavy atom. The second kappa shape index (κ2) is 11.4. The number of rotatable bonds is 12. The van der Waals surface area contributed by atoms with Crippen molar-refractivity contribution in [3.8, 4) is 11.5 Å². The van der Waals surface area contributed by atoms with E-state index in [1.54, 1.807) is 0 Å². The summed E-state index contributed by atoms with van der Waals surface area (Å²) in [6.07, 6.45) is 2.20. The summed E-state index contributed by atoms with van der Waals surface area (Å²) in [5.74, 6) is 1.78. The monoisotopic (exact) mass is 343 g/mol. The Bertz CT molecular complexity index is 616. The van der Waals surface area contributed by atoms with Crippen LogP contribution in [0.2, 0.25) is 0 Å². The van der Waals surface area contributed by atoms with Crippen LogP contribution in [0.5, 0.6) is 11.5 Å². The number of ether oxygens (including phenoxy) is 3. The van der Waals surface area contributed by atoms with Crippen LogP contribution in [0.1, 0.15) is 32.3 Å². The van der Waals surface area contributed by atoms with Gasteiger partial charge in [-0.2, -0.15) is 0 Å². The van der Waals surface area contributed by atoms with Gasteiger partial charge in [0.25, 0.3) is 0 Å². The van der Waals surface area contributed by atoms with Crippen molar-refractivity contribution in [1.82, 2.24) is 0 Å². The lowest BCUT2D eigenvalue weighted by atomic mass is 10.2. The molecule has 0 aliphatic rings. The molecular weight excluding hydrogens is 314 g/mol. The molecule has 0 aromatic heterocycles. The van der Waals surface area contributed by atoms with E-state index in [0.717, 1.165) is 42.2 Å². The Morgan fingerprint density at radius 1 is 0.800 bits per heavy atom.